The Labute approximate surface area is 121 Å². The Bertz CT molecular complexity index is 549. The average Bonchev–Trinajstić information content (AvgIpc) is 2.43. The third-order valence-electron chi connectivity index (χ3n) is 3.46. The molecule has 0 aliphatic carbocycles. The van der Waals surface area contributed by atoms with Crippen LogP contribution < -0.4 is 0 Å². The molecule has 0 saturated carbocycles. The van der Waals surface area contributed by atoms with Crippen molar-refractivity contribution in [1.82, 2.24) is 4.31 Å². The zero-order valence-electron chi connectivity index (χ0n) is 12.6. The van der Waals surface area contributed by atoms with Crippen molar-refractivity contribution in [3.8, 4) is 0 Å². The highest BCUT2D eigenvalue weighted by Gasteiger charge is 2.28. The van der Waals surface area contributed by atoms with Crippen LogP contribution in [0, 0.1) is 6.92 Å². The van der Waals surface area contributed by atoms with Crippen molar-refractivity contribution >= 4 is 15.8 Å². The van der Waals surface area contributed by atoms with E-state index in [1.54, 1.807) is 19.1 Å². The molecule has 0 radical (unpaired) electrons. The first-order chi connectivity index (χ1) is 9.29. The number of carbonyl (C=O) groups is 1. The largest absolute Gasteiger partial charge is 0.292 e. The minimum absolute atomic E-state index is 0.0888. The summed E-state index contributed by atoms with van der Waals surface area (Å²) >= 11 is 0. The van der Waals surface area contributed by atoms with Crippen LogP contribution in [0.15, 0.2) is 24.3 Å². The molecule has 0 aromatic heterocycles. The Kier molecular flexibility index (Phi) is 5.89. The van der Waals surface area contributed by atoms with Gasteiger partial charge in [-0.25, -0.2) is 8.42 Å². The Morgan fingerprint density at radius 1 is 1.25 bits per heavy atom. The SMILES string of the molecule is CCCCS(=O)(=O)N(C)C(C)C(=O)c1ccc(C)cc1. The van der Waals surface area contributed by atoms with Crippen LogP contribution in [0.2, 0.25) is 0 Å². The zero-order valence-corrected chi connectivity index (χ0v) is 13.4. The molecule has 0 heterocycles. The minimum atomic E-state index is -3.37. The summed E-state index contributed by atoms with van der Waals surface area (Å²) < 4.78 is 25.4. The maximum atomic E-state index is 12.3. The predicted octanol–water partition coefficient (Wildman–Crippen LogP) is 2.63. The molecule has 1 unspecified atom stereocenters. The standard InChI is InChI=1S/C15H23NO3S/c1-5-6-11-20(18,19)16(4)13(3)15(17)14-9-7-12(2)8-10-14/h7-10,13H,5-6,11H2,1-4H3. The van der Waals surface area contributed by atoms with E-state index in [0.717, 1.165) is 12.0 Å². The molecule has 1 aromatic carbocycles. The molecule has 1 atom stereocenters. The highest BCUT2D eigenvalue weighted by Crippen LogP contribution is 2.13. The number of sulfonamides is 1. The van der Waals surface area contributed by atoms with E-state index in [9.17, 15) is 13.2 Å². The first kappa shape index (κ1) is 16.9. The number of aryl methyl sites for hydroxylation is 1. The number of unbranched alkanes of at least 4 members (excludes halogenated alkanes) is 1. The van der Waals surface area contributed by atoms with E-state index < -0.39 is 16.1 Å². The van der Waals surface area contributed by atoms with E-state index in [1.165, 1.54) is 11.4 Å². The fraction of sp³-hybridized carbons (Fsp3) is 0.533. The molecule has 0 saturated heterocycles. The van der Waals surface area contributed by atoms with Crippen LogP contribution in [0.1, 0.15) is 42.6 Å². The number of carbonyl (C=O) groups excluding carboxylic acids is 1. The van der Waals surface area contributed by atoms with Gasteiger partial charge in [-0.05, 0) is 20.3 Å². The summed E-state index contributed by atoms with van der Waals surface area (Å²) in [6.45, 7) is 5.51. The smallest absolute Gasteiger partial charge is 0.214 e. The maximum Gasteiger partial charge on any atom is 0.214 e. The fourth-order valence-corrected chi connectivity index (χ4v) is 3.35. The van der Waals surface area contributed by atoms with Crippen molar-refractivity contribution in [3.63, 3.8) is 0 Å². The predicted molar refractivity (Wildman–Crippen MR) is 81.4 cm³/mol. The van der Waals surface area contributed by atoms with Gasteiger partial charge in [0.25, 0.3) is 0 Å². The summed E-state index contributed by atoms with van der Waals surface area (Å²) in [6.07, 6.45) is 1.42. The van der Waals surface area contributed by atoms with Crippen molar-refractivity contribution in [1.29, 1.82) is 0 Å². The number of hydrogen-bond acceptors (Lipinski definition) is 3. The lowest BCUT2D eigenvalue weighted by atomic mass is 10.0. The molecule has 0 bridgehead atoms. The van der Waals surface area contributed by atoms with Crippen LogP contribution in [0.4, 0.5) is 0 Å². The van der Waals surface area contributed by atoms with Gasteiger partial charge in [-0.1, -0.05) is 43.2 Å². The number of nitrogens with zero attached hydrogens (tertiary/aromatic N) is 1. The number of hydrogen-bond donors (Lipinski definition) is 0. The van der Waals surface area contributed by atoms with Gasteiger partial charge < -0.3 is 0 Å². The van der Waals surface area contributed by atoms with Crippen molar-refractivity contribution < 1.29 is 13.2 Å². The lowest BCUT2D eigenvalue weighted by Gasteiger charge is -2.23. The molecule has 0 aliphatic heterocycles. The average molecular weight is 297 g/mol. The lowest BCUT2D eigenvalue weighted by molar-refractivity contribution is 0.0919. The van der Waals surface area contributed by atoms with Gasteiger partial charge in [0.05, 0.1) is 11.8 Å². The van der Waals surface area contributed by atoms with E-state index in [-0.39, 0.29) is 11.5 Å². The fourth-order valence-electron chi connectivity index (χ4n) is 1.84. The molecule has 112 valence electrons. The van der Waals surface area contributed by atoms with Crippen LogP contribution in [0.5, 0.6) is 0 Å². The molecule has 20 heavy (non-hydrogen) atoms. The summed E-state index contributed by atoms with van der Waals surface area (Å²) in [5.41, 5.74) is 1.61. The third-order valence-corrected chi connectivity index (χ3v) is 5.45. The van der Waals surface area contributed by atoms with Crippen LogP contribution in [-0.4, -0.2) is 37.3 Å². The molecule has 0 N–H and O–H groups in total. The second-order valence-electron chi connectivity index (χ2n) is 5.09. The van der Waals surface area contributed by atoms with E-state index in [1.807, 2.05) is 26.0 Å². The normalized spacial score (nSPS) is 13.4. The summed E-state index contributed by atoms with van der Waals surface area (Å²) in [4.78, 5) is 12.3. The summed E-state index contributed by atoms with van der Waals surface area (Å²) in [5, 5.41) is 0. The molecule has 1 rings (SSSR count). The molecule has 0 spiro atoms. The number of Topliss-reactive ketones (excluding diaryl/α,β-unsaturated/α-hetero) is 1. The van der Waals surface area contributed by atoms with Crippen molar-refractivity contribution in [2.24, 2.45) is 0 Å². The number of rotatable bonds is 7. The maximum absolute atomic E-state index is 12.3. The molecular formula is C15H23NO3S. The number of ketones is 1. The van der Waals surface area contributed by atoms with Crippen LogP contribution >= 0.6 is 0 Å². The molecule has 5 heteroatoms. The summed E-state index contributed by atoms with van der Waals surface area (Å²) in [5.74, 6) is -0.0847. The number of likely N-dealkylation sites (N-methyl/N-ethyl adjacent to an activating group) is 1. The quantitative estimate of drug-likeness (QED) is 0.727. The minimum Gasteiger partial charge on any atom is -0.292 e. The van der Waals surface area contributed by atoms with Gasteiger partial charge in [-0.15, -0.1) is 0 Å². The van der Waals surface area contributed by atoms with E-state index >= 15 is 0 Å². The molecule has 1 aromatic rings. The Balaban J connectivity index is 2.85. The van der Waals surface area contributed by atoms with Gasteiger partial charge in [0, 0.05) is 12.6 Å². The van der Waals surface area contributed by atoms with Crippen molar-refractivity contribution in [3.05, 3.63) is 35.4 Å². The van der Waals surface area contributed by atoms with E-state index in [2.05, 4.69) is 0 Å². The van der Waals surface area contributed by atoms with Gasteiger partial charge in [0.1, 0.15) is 0 Å². The van der Waals surface area contributed by atoms with Gasteiger partial charge in [-0.2, -0.15) is 4.31 Å². The molecule has 0 amide bonds. The van der Waals surface area contributed by atoms with Gasteiger partial charge in [0.2, 0.25) is 10.0 Å². The van der Waals surface area contributed by atoms with Crippen LogP contribution in [0.25, 0.3) is 0 Å². The lowest BCUT2D eigenvalue weighted by Crippen LogP contribution is -2.41. The Morgan fingerprint density at radius 3 is 2.30 bits per heavy atom. The van der Waals surface area contributed by atoms with Gasteiger partial charge >= 0.3 is 0 Å². The summed E-state index contributed by atoms with van der Waals surface area (Å²) in [7, 11) is -1.90. The molecule has 4 nitrogen and oxygen atoms in total. The highest BCUT2D eigenvalue weighted by atomic mass is 32.2. The first-order valence-electron chi connectivity index (χ1n) is 6.86. The zero-order chi connectivity index (χ0) is 15.3. The molecular weight excluding hydrogens is 274 g/mol. The van der Waals surface area contributed by atoms with Gasteiger partial charge in [-0.3, -0.25) is 4.79 Å². The van der Waals surface area contributed by atoms with Crippen molar-refractivity contribution in [2.45, 2.75) is 39.7 Å². The topological polar surface area (TPSA) is 54.5 Å². The Morgan fingerprint density at radius 2 is 1.80 bits per heavy atom. The molecule has 0 fully saturated rings. The van der Waals surface area contributed by atoms with Crippen LogP contribution in [0.3, 0.4) is 0 Å². The monoisotopic (exact) mass is 297 g/mol. The van der Waals surface area contributed by atoms with E-state index in [0.29, 0.717) is 12.0 Å². The highest BCUT2D eigenvalue weighted by molar-refractivity contribution is 7.89. The first-order valence-corrected chi connectivity index (χ1v) is 8.47. The summed E-state index contributed by atoms with van der Waals surface area (Å²) in [6, 6.07) is 6.50. The van der Waals surface area contributed by atoms with Crippen LogP contribution in [-0.2, 0) is 10.0 Å². The van der Waals surface area contributed by atoms with Gasteiger partial charge in [0.15, 0.2) is 5.78 Å². The second-order valence-corrected chi connectivity index (χ2v) is 7.24. The second kappa shape index (κ2) is 6.99. The molecule has 0 aliphatic rings. The number of benzene rings is 1. The Hall–Kier alpha value is -1.20. The van der Waals surface area contributed by atoms with E-state index in [4.69, 9.17) is 0 Å². The third kappa shape index (κ3) is 4.15. The van der Waals surface area contributed by atoms with Crippen molar-refractivity contribution in [2.75, 3.05) is 12.8 Å².